The molecule has 0 radical (unpaired) electrons. The number of benzene rings is 2. The molecule has 0 aromatic heterocycles. The maximum Gasteiger partial charge on any atom is 0.336 e. The van der Waals surface area contributed by atoms with Crippen LogP contribution in [0.3, 0.4) is 0 Å². The summed E-state index contributed by atoms with van der Waals surface area (Å²) in [6, 6.07) is 13.0. The van der Waals surface area contributed by atoms with E-state index >= 15 is 0 Å². The van der Waals surface area contributed by atoms with E-state index in [0.29, 0.717) is 11.1 Å². The van der Waals surface area contributed by atoms with Gasteiger partial charge in [0, 0.05) is 0 Å². The summed E-state index contributed by atoms with van der Waals surface area (Å²) in [6.45, 7) is 1.97. The molecule has 0 saturated heterocycles. The van der Waals surface area contributed by atoms with Crippen molar-refractivity contribution < 1.29 is 14.6 Å². The second kappa shape index (κ2) is 6.06. The predicted molar refractivity (Wildman–Crippen MR) is 79.6 cm³/mol. The van der Waals surface area contributed by atoms with Crippen LogP contribution in [0.5, 0.6) is 0 Å². The largest absolute Gasteiger partial charge is 0.504 e. The highest BCUT2D eigenvalue weighted by Crippen LogP contribution is 2.28. The molecule has 0 unspecified atom stereocenters. The van der Waals surface area contributed by atoms with Crippen molar-refractivity contribution in [2.45, 2.75) is 6.92 Å². The van der Waals surface area contributed by atoms with Crippen LogP contribution in [0.15, 0.2) is 48.7 Å². The summed E-state index contributed by atoms with van der Waals surface area (Å²) < 4.78 is 4.90. The van der Waals surface area contributed by atoms with E-state index in [1.807, 2.05) is 37.3 Å². The Kier molecular flexibility index (Phi) is 4.20. The molecule has 0 amide bonds. The van der Waals surface area contributed by atoms with Crippen LogP contribution in [0.1, 0.15) is 21.5 Å². The van der Waals surface area contributed by atoms with Gasteiger partial charge in [-0.15, -0.1) is 0 Å². The van der Waals surface area contributed by atoms with Crippen molar-refractivity contribution in [3.8, 4) is 11.1 Å². The number of carbonyl (C=O) groups is 1. The van der Waals surface area contributed by atoms with E-state index in [1.165, 1.54) is 0 Å². The molecule has 0 spiro atoms. The molecule has 0 atom stereocenters. The van der Waals surface area contributed by atoms with Crippen LogP contribution >= 0.6 is 0 Å². The van der Waals surface area contributed by atoms with Crippen molar-refractivity contribution in [1.29, 1.82) is 0 Å². The van der Waals surface area contributed by atoms with Gasteiger partial charge in [-0.3, -0.25) is 0 Å². The van der Waals surface area contributed by atoms with Gasteiger partial charge in [-0.05, 0) is 47.4 Å². The topological polar surface area (TPSA) is 46.5 Å². The minimum atomic E-state index is -0.925. The van der Waals surface area contributed by atoms with Crippen molar-refractivity contribution in [3.05, 3.63) is 65.4 Å². The van der Waals surface area contributed by atoms with Gasteiger partial charge in [0.1, 0.15) is 0 Å². The van der Waals surface area contributed by atoms with Gasteiger partial charge < -0.3 is 9.84 Å². The molecule has 2 aromatic rings. The van der Waals surface area contributed by atoms with E-state index in [0.717, 1.165) is 16.7 Å². The summed E-state index contributed by atoms with van der Waals surface area (Å²) in [4.78, 5) is 11.4. The van der Waals surface area contributed by atoms with Crippen molar-refractivity contribution in [2.24, 2.45) is 0 Å². The van der Waals surface area contributed by atoms with Gasteiger partial charge in [-0.2, -0.15) is 0 Å². The van der Waals surface area contributed by atoms with Crippen LogP contribution in [0.4, 0.5) is 0 Å². The van der Waals surface area contributed by atoms with Crippen LogP contribution in [0.2, 0.25) is 0 Å². The summed E-state index contributed by atoms with van der Waals surface area (Å²) in [5.74, 6) is -0.925. The minimum Gasteiger partial charge on any atom is -0.504 e. The lowest BCUT2D eigenvalue weighted by Gasteiger charge is -2.10. The summed E-state index contributed by atoms with van der Waals surface area (Å²) in [5.41, 5.74) is 3.89. The molecule has 0 heterocycles. The fraction of sp³-hybridized carbons (Fsp3) is 0.118. The van der Waals surface area contributed by atoms with Crippen LogP contribution < -0.4 is 0 Å². The maximum atomic E-state index is 11.4. The van der Waals surface area contributed by atoms with Gasteiger partial charge in [0.15, 0.2) is 0 Å². The van der Waals surface area contributed by atoms with Gasteiger partial charge in [0.05, 0.1) is 18.9 Å². The lowest BCUT2D eigenvalue weighted by molar-refractivity contribution is 0.0698. The molecule has 3 nitrogen and oxygen atoms in total. The van der Waals surface area contributed by atoms with Crippen molar-refractivity contribution >= 4 is 12.0 Å². The van der Waals surface area contributed by atoms with Crippen LogP contribution in [-0.2, 0) is 4.74 Å². The number of methoxy groups -OCH3 is 1. The van der Waals surface area contributed by atoms with Crippen LogP contribution in [0.25, 0.3) is 17.2 Å². The molecule has 0 aliphatic carbocycles. The van der Waals surface area contributed by atoms with Gasteiger partial charge in [-0.1, -0.05) is 30.3 Å². The van der Waals surface area contributed by atoms with Crippen LogP contribution in [0, 0.1) is 6.92 Å². The number of aromatic carboxylic acids is 1. The molecular weight excluding hydrogens is 252 g/mol. The molecule has 20 heavy (non-hydrogen) atoms. The number of ether oxygens (including phenoxy) is 1. The third-order valence-electron chi connectivity index (χ3n) is 3.11. The van der Waals surface area contributed by atoms with Gasteiger partial charge in [0.2, 0.25) is 0 Å². The van der Waals surface area contributed by atoms with E-state index in [1.54, 1.807) is 31.6 Å². The average molecular weight is 268 g/mol. The Morgan fingerprint density at radius 1 is 1.15 bits per heavy atom. The van der Waals surface area contributed by atoms with E-state index in [2.05, 4.69) is 0 Å². The lowest BCUT2D eigenvalue weighted by atomic mass is 9.94. The molecule has 1 N–H and O–H groups in total. The summed E-state index contributed by atoms with van der Waals surface area (Å²) >= 11 is 0. The number of hydrogen-bond donors (Lipinski definition) is 1. The lowest BCUT2D eigenvalue weighted by Crippen LogP contribution is -2.00. The maximum absolute atomic E-state index is 11.4. The quantitative estimate of drug-likeness (QED) is 0.853. The minimum absolute atomic E-state index is 0.300. The molecule has 0 saturated carbocycles. The van der Waals surface area contributed by atoms with E-state index in [-0.39, 0.29) is 0 Å². The Morgan fingerprint density at radius 2 is 1.90 bits per heavy atom. The first-order valence-electron chi connectivity index (χ1n) is 6.26. The van der Waals surface area contributed by atoms with E-state index < -0.39 is 5.97 Å². The smallest absolute Gasteiger partial charge is 0.336 e. The highest BCUT2D eigenvalue weighted by molar-refractivity contribution is 5.97. The number of carboxylic acid groups (broad SMARTS) is 1. The monoisotopic (exact) mass is 268 g/mol. The van der Waals surface area contributed by atoms with Crippen molar-refractivity contribution in [1.82, 2.24) is 0 Å². The molecule has 0 fully saturated rings. The Labute approximate surface area is 118 Å². The molecule has 0 bridgehead atoms. The van der Waals surface area contributed by atoms with Gasteiger partial charge in [-0.25, -0.2) is 4.79 Å². The first-order chi connectivity index (χ1) is 9.63. The normalized spacial score (nSPS) is 10.7. The predicted octanol–water partition coefficient (Wildman–Crippen LogP) is 3.98. The first kappa shape index (κ1) is 13.9. The van der Waals surface area contributed by atoms with E-state index in [4.69, 9.17) is 4.74 Å². The van der Waals surface area contributed by atoms with Gasteiger partial charge >= 0.3 is 5.97 Å². The average Bonchev–Trinajstić information content (AvgIpc) is 2.45. The Morgan fingerprint density at radius 3 is 2.55 bits per heavy atom. The molecule has 0 aliphatic rings. The SMILES string of the molecule is CO/C=C/c1ccc(C(=O)O)c(-c2ccccc2C)c1. The number of aryl methyl sites for hydroxylation is 1. The molecule has 3 heteroatoms. The molecule has 0 aliphatic heterocycles. The standard InChI is InChI=1S/C17H16O3/c1-12-5-3-4-6-14(12)16-11-13(9-10-20-2)7-8-15(16)17(18)19/h3-11H,1-2H3,(H,18,19)/b10-9+. The highest BCUT2D eigenvalue weighted by Gasteiger charge is 2.13. The number of rotatable bonds is 4. The molecule has 2 aromatic carbocycles. The second-order valence-corrected chi connectivity index (χ2v) is 4.46. The third-order valence-corrected chi connectivity index (χ3v) is 3.11. The summed E-state index contributed by atoms with van der Waals surface area (Å²) in [6.07, 6.45) is 3.37. The first-order valence-corrected chi connectivity index (χ1v) is 6.26. The van der Waals surface area contributed by atoms with Gasteiger partial charge in [0.25, 0.3) is 0 Å². The Bertz CT molecular complexity index is 657. The fourth-order valence-corrected chi connectivity index (χ4v) is 2.10. The number of hydrogen-bond acceptors (Lipinski definition) is 2. The Hall–Kier alpha value is -2.55. The molecule has 102 valence electrons. The number of carboxylic acids is 1. The zero-order valence-corrected chi connectivity index (χ0v) is 11.5. The van der Waals surface area contributed by atoms with E-state index in [9.17, 15) is 9.90 Å². The second-order valence-electron chi connectivity index (χ2n) is 4.46. The molecular formula is C17H16O3. The van der Waals surface area contributed by atoms with Crippen LogP contribution in [-0.4, -0.2) is 18.2 Å². The fourth-order valence-electron chi connectivity index (χ4n) is 2.10. The zero-order chi connectivity index (χ0) is 14.5. The highest BCUT2D eigenvalue weighted by atomic mass is 16.5. The zero-order valence-electron chi connectivity index (χ0n) is 11.5. The molecule has 2 rings (SSSR count). The van der Waals surface area contributed by atoms with Crippen molar-refractivity contribution in [3.63, 3.8) is 0 Å². The van der Waals surface area contributed by atoms with Crippen molar-refractivity contribution in [2.75, 3.05) is 7.11 Å². The Balaban J connectivity index is 2.61. The third kappa shape index (κ3) is 2.88. The summed E-state index contributed by atoms with van der Waals surface area (Å²) in [5, 5.41) is 9.34. The summed E-state index contributed by atoms with van der Waals surface area (Å²) in [7, 11) is 1.57.